The number of aromatic nitrogens is 3. The van der Waals surface area contributed by atoms with E-state index in [-0.39, 0.29) is 0 Å². The summed E-state index contributed by atoms with van der Waals surface area (Å²) in [4.78, 5) is 10.4. The highest BCUT2D eigenvalue weighted by molar-refractivity contribution is 6.28. The zero-order chi connectivity index (χ0) is 41.6. The van der Waals surface area contributed by atoms with E-state index >= 15 is 0 Å². The second-order valence-corrected chi connectivity index (χ2v) is 16.5. The molecule has 2 aromatic heterocycles. The van der Waals surface area contributed by atoms with Crippen molar-refractivity contribution in [1.82, 2.24) is 14.5 Å². The topological polar surface area (TPSA) is 54.5 Å². The number of para-hydroxylation sites is 1. The van der Waals surface area contributed by atoms with Crippen LogP contribution < -0.4 is 0 Å². The first-order valence-electron chi connectivity index (χ1n) is 21.3. The first-order chi connectivity index (χ1) is 31.2. The average molecular weight is 799 g/mol. The largest absolute Gasteiger partial charge is 0.309 e. The Morgan fingerprint density at radius 3 is 1.49 bits per heavy atom. The van der Waals surface area contributed by atoms with Crippen LogP contribution in [0.1, 0.15) is 5.56 Å². The Hall–Kier alpha value is -8.65. The maximum Gasteiger partial charge on any atom is 0.161 e. The summed E-state index contributed by atoms with van der Waals surface area (Å²) in [5.74, 6) is 0.711. The molecule has 0 saturated carbocycles. The number of benzene rings is 11. The molecule has 0 bridgehead atoms. The summed E-state index contributed by atoms with van der Waals surface area (Å²) in [7, 11) is 0. The van der Waals surface area contributed by atoms with Gasteiger partial charge in [-0.25, -0.2) is 9.97 Å². The molecule has 0 radical (unpaired) electrons. The molecule has 0 unspecified atom stereocenters. The maximum absolute atomic E-state index is 9.95. The molecule has 0 N–H and O–H groups in total. The first kappa shape index (κ1) is 35.1. The second-order valence-electron chi connectivity index (χ2n) is 16.5. The lowest BCUT2D eigenvalue weighted by atomic mass is 9.88. The average Bonchev–Trinajstić information content (AvgIpc) is 3.70. The van der Waals surface area contributed by atoms with Crippen molar-refractivity contribution in [2.75, 3.05) is 0 Å². The van der Waals surface area contributed by atoms with Gasteiger partial charge in [-0.2, -0.15) is 5.26 Å². The summed E-state index contributed by atoms with van der Waals surface area (Å²) in [6.45, 7) is 0. The Labute approximate surface area is 362 Å². The van der Waals surface area contributed by atoms with Gasteiger partial charge in [0.1, 0.15) is 0 Å². The van der Waals surface area contributed by atoms with Crippen LogP contribution in [0.15, 0.2) is 206 Å². The van der Waals surface area contributed by atoms with Crippen molar-refractivity contribution in [2.45, 2.75) is 0 Å². The summed E-state index contributed by atoms with van der Waals surface area (Å²) < 4.78 is 2.31. The lowest BCUT2D eigenvalue weighted by Crippen LogP contribution is -1.97. The Kier molecular flexibility index (Phi) is 7.63. The molecule has 63 heavy (non-hydrogen) atoms. The monoisotopic (exact) mass is 798 g/mol. The van der Waals surface area contributed by atoms with Gasteiger partial charge in [-0.1, -0.05) is 158 Å². The van der Waals surface area contributed by atoms with Gasteiger partial charge in [0.2, 0.25) is 0 Å². The lowest BCUT2D eigenvalue weighted by Gasteiger charge is -2.17. The van der Waals surface area contributed by atoms with Crippen LogP contribution in [0.3, 0.4) is 0 Å². The number of hydrogen-bond acceptors (Lipinski definition) is 3. The van der Waals surface area contributed by atoms with Gasteiger partial charge in [-0.15, -0.1) is 0 Å². The summed E-state index contributed by atoms with van der Waals surface area (Å²) in [6, 6.07) is 75.7. The van der Waals surface area contributed by atoms with Crippen LogP contribution in [0.4, 0.5) is 0 Å². The normalized spacial score (nSPS) is 11.8. The predicted octanol–water partition coefficient (Wildman–Crippen LogP) is 15.3. The van der Waals surface area contributed by atoms with Gasteiger partial charge >= 0.3 is 0 Å². The second kappa shape index (κ2) is 13.7. The quantitative estimate of drug-likeness (QED) is 0.157. The molecular weight excluding hydrogens is 765 g/mol. The van der Waals surface area contributed by atoms with E-state index in [0.29, 0.717) is 11.4 Å². The smallest absolute Gasteiger partial charge is 0.161 e. The van der Waals surface area contributed by atoms with Crippen molar-refractivity contribution in [3.8, 4) is 67.9 Å². The Morgan fingerprint density at radius 1 is 0.365 bits per heavy atom. The van der Waals surface area contributed by atoms with Crippen molar-refractivity contribution in [3.05, 3.63) is 212 Å². The van der Waals surface area contributed by atoms with E-state index in [9.17, 15) is 5.26 Å². The van der Waals surface area contributed by atoms with Crippen molar-refractivity contribution < 1.29 is 0 Å². The lowest BCUT2D eigenvalue weighted by molar-refractivity contribution is 1.18. The third-order valence-electron chi connectivity index (χ3n) is 12.9. The van der Waals surface area contributed by atoms with E-state index in [4.69, 9.17) is 9.97 Å². The van der Waals surface area contributed by atoms with Crippen LogP contribution in [0.5, 0.6) is 0 Å². The van der Waals surface area contributed by atoms with Gasteiger partial charge in [0.15, 0.2) is 5.82 Å². The molecule has 13 rings (SSSR count). The van der Waals surface area contributed by atoms with Crippen LogP contribution in [0, 0.1) is 11.3 Å². The van der Waals surface area contributed by atoms with Crippen LogP contribution in [-0.4, -0.2) is 14.5 Å². The number of nitrogens with zero attached hydrogens (tertiary/aromatic N) is 4. The van der Waals surface area contributed by atoms with Gasteiger partial charge in [0.25, 0.3) is 0 Å². The number of hydrogen-bond donors (Lipinski definition) is 0. The molecule has 4 nitrogen and oxygen atoms in total. The standard InChI is InChI=1S/C59H34N4/c60-35-36-30-43-20-21-44-32-45(33-54-58(44)57(43)53(31-36)63(54)46-14-8-3-9-15-46)37-16-18-38(19-17-37)47-26-22-41-24-28-49-50(29-25-42-23-27-48(47)55(41)56(42)49)59-61-51(39-10-4-1-5-11-39)34-52(62-59)40-12-6-2-7-13-40/h1-34H. The van der Waals surface area contributed by atoms with Crippen LogP contribution in [-0.2, 0) is 0 Å². The number of nitriles is 1. The Morgan fingerprint density at radius 2 is 0.873 bits per heavy atom. The minimum atomic E-state index is 0.661. The van der Waals surface area contributed by atoms with E-state index in [2.05, 4.69) is 187 Å². The number of rotatable bonds is 6. The molecule has 13 aromatic rings. The van der Waals surface area contributed by atoms with Crippen LogP contribution in [0.2, 0.25) is 0 Å². The zero-order valence-electron chi connectivity index (χ0n) is 33.9. The maximum atomic E-state index is 9.95. The van der Waals surface area contributed by atoms with E-state index in [1.54, 1.807) is 0 Å². The fraction of sp³-hybridized carbons (Fsp3) is 0. The first-order valence-corrected chi connectivity index (χ1v) is 21.3. The molecule has 4 heteroatoms. The SMILES string of the molecule is N#Cc1cc2ccc3cc(-c4ccc(-c5ccc6ccc7c(-c8nc(-c9ccccc9)cc(-c9ccccc9)n8)ccc8ccc5c6c87)cc4)cc4c3c2c(c1)n4-c1ccccc1. The van der Waals surface area contributed by atoms with E-state index in [0.717, 1.165) is 72.3 Å². The summed E-state index contributed by atoms with van der Waals surface area (Å²) in [6.07, 6.45) is 0. The highest BCUT2D eigenvalue weighted by Crippen LogP contribution is 2.44. The van der Waals surface area contributed by atoms with Gasteiger partial charge < -0.3 is 4.57 Å². The highest BCUT2D eigenvalue weighted by Gasteiger charge is 2.21. The molecule has 0 aliphatic rings. The fourth-order valence-electron chi connectivity index (χ4n) is 10.0. The van der Waals surface area contributed by atoms with E-state index in [1.807, 2.05) is 30.3 Å². The molecule has 0 amide bonds. The van der Waals surface area contributed by atoms with Crippen LogP contribution >= 0.6 is 0 Å². The van der Waals surface area contributed by atoms with Gasteiger partial charge in [-0.3, -0.25) is 0 Å². The van der Waals surface area contributed by atoms with E-state index < -0.39 is 0 Å². The molecule has 0 spiro atoms. The Bertz CT molecular complexity index is 3880. The molecule has 0 aliphatic carbocycles. The predicted molar refractivity (Wildman–Crippen MR) is 261 cm³/mol. The third kappa shape index (κ3) is 5.47. The van der Waals surface area contributed by atoms with Crippen LogP contribution in [0.25, 0.3) is 127 Å². The summed E-state index contributed by atoms with van der Waals surface area (Å²) >= 11 is 0. The van der Waals surface area contributed by atoms with Crippen molar-refractivity contribution in [1.29, 1.82) is 5.26 Å². The van der Waals surface area contributed by atoms with Crippen molar-refractivity contribution in [2.24, 2.45) is 0 Å². The molecule has 0 saturated heterocycles. The van der Waals surface area contributed by atoms with Crippen molar-refractivity contribution in [3.63, 3.8) is 0 Å². The van der Waals surface area contributed by atoms with Gasteiger partial charge in [0, 0.05) is 33.2 Å². The molecule has 290 valence electrons. The minimum absolute atomic E-state index is 0.661. The molecule has 0 fully saturated rings. The van der Waals surface area contributed by atoms with Gasteiger partial charge in [-0.05, 0) is 114 Å². The molecule has 0 atom stereocenters. The third-order valence-corrected chi connectivity index (χ3v) is 12.9. The molecule has 11 aromatic carbocycles. The zero-order valence-corrected chi connectivity index (χ0v) is 33.9. The van der Waals surface area contributed by atoms with Crippen molar-refractivity contribution >= 4 is 64.9 Å². The van der Waals surface area contributed by atoms with Gasteiger partial charge in [0.05, 0.1) is 34.1 Å². The fourth-order valence-corrected chi connectivity index (χ4v) is 10.0. The molecule has 2 heterocycles. The summed E-state index contributed by atoms with van der Waals surface area (Å²) in [5.41, 5.74) is 13.5. The highest BCUT2D eigenvalue weighted by atomic mass is 15.0. The molecular formula is C59H34N4. The van der Waals surface area contributed by atoms with E-state index in [1.165, 1.54) is 48.7 Å². The summed E-state index contributed by atoms with van der Waals surface area (Å²) in [5, 5.41) is 21.9. The Balaban J connectivity index is 0.944. The minimum Gasteiger partial charge on any atom is -0.309 e. The molecule has 0 aliphatic heterocycles.